The van der Waals surface area contributed by atoms with Crippen molar-refractivity contribution in [3.8, 4) is 0 Å². The average molecular weight is 251 g/mol. The van der Waals surface area contributed by atoms with Gasteiger partial charge >= 0.3 is 0 Å². The van der Waals surface area contributed by atoms with E-state index in [0.717, 1.165) is 11.4 Å². The van der Waals surface area contributed by atoms with Gasteiger partial charge in [-0.3, -0.25) is 0 Å². The fourth-order valence-electron chi connectivity index (χ4n) is 1.43. The maximum atomic E-state index is 6.08. The molecule has 1 aromatic heterocycles. The normalized spacial score (nSPS) is 10.1. The van der Waals surface area contributed by atoms with E-state index >= 15 is 0 Å². The zero-order valence-electron chi connectivity index (χ0n) is 8.75. The SMILES string of the molecule is Cc1cccc(Nc2cc[nH]c(=S)c2Cl)c1. The first-order valence-corrected chi connectivity index (χ1v) is 5.66. The van der Waals surface area contributed by atoms with Gasteiger partial charge in [0.1, 0.15) is 4.64 Å². The molecule has 0 unspecified atom stereocenters. The third-order valence-corrected chi connectivity index (χ3v) is 3.02. The van der Waals surface area contributed by atoms with E-state index in [0.29, 0.717) is 9.66 Å². The number of anilines is 2. The van der Waals surface area contributed by atoms with Crippen molar-refractivity contribution in [1.29, 1.82) is 0 Å². The molecule has 0 amide bonds. The lowest BCUT2D eigenvalue weighted by Crippen LogP contribution is -1.92. The Morgan fingerprint density at radius 1 is 1.31 bits per heavy atom. The number of pyridine rings is 1. The molecule has 0 aliphatic carbocycles. The Labute approximate surface area is 104 Å². The molecule has 2 rings (SSSR count). The van der Waals surface area contributed by atoms with Crippen LogP contribution in [0.4, 0.5) is 11.4 Å². The number of nitrogens with one attached hydrogen (secondary N) is 2. The van der Waals surface area contributed by atoms with Crippen LogP contribution in [-0.2, 0) is 0 Å². The molecule has 0 saturated carbocycles. The van der Waals surface area contributed by atoms with Gasteiger partial charge in [0.15, 0.2) is 0 Å². The van der Waals surface area contributed by atoms with E-state index in [9.17, 15) is 0 Å². The Morgan fingerprint density at radius 2 is 2.12 bits per heavy atom. The van der Waals surface area contributed by atoms with Crippen LogP contribution in [0.5, 0.6) is 0 Å². The number of aryl methyl sites for hydroxylation is 1. The van der Waals surface area contributed by atoms with Crippen molar-refractivity contribution in [2.24, 2.45) is 0 Å². The molecule has 1 aromatic carbocycles. The molecule has 0 saturated heterocycles. The summed E-state index contributed by atoms with van der Waals surface area (Å²) in [6.45, 7) is 2.05. The summed E-state index contributed by atoms with van der Waals surface area (Å²) in [6, 6.07) is 9.94. The highest BCUT2D eigenvalue weighted by Gasteiger charge is 2.01. The summed E-state index contributed by atoms with van der Waals surface area (Å²) in [5, 5.41) is 3.78. The fourth-order valence-corrected chi connectivity index (χ4v) is 1.78. The van der Waals surface area contributed by atoms with Gasteiger partial charge in [0.2, 0.25) is 0 Å². The Kier molecular flexibility index (Phi) is 3.27. The summed E-state index contributed by atoms with van der Waals surface area (Å²) >= 11 is 11.1. The lowest BCUT2D eigenvalue weighted by Gasteiger charge is -2.08. The van der Waals surface area contributed by atoms with Crippen molar-refractivity contribution >= 4 is 35.2 Å². The van der Waals surface area contributed by atoms with E-state index in [4.69, 9.17) is 23.8 Å². The van der Waals surface area contributed by atoms with Crippen LogP contribution in [0.1, 0.15) is 5.56 Å². The number of H-pyrrole nitrogens is 1. The number of rotatable bonds is 2. The third kappa shape index (κ3) is 2.43. The van der Waals surface area contributed by atoms with E-state index in [2.05, 4.69) is 16.4 Å². The van der Waals surface area contributed by atoms with Gasteiger partial charge in [-0.25, -0.2) is 0 Å². The van der Waals surface area contributed by atoms with Crippen molar-refractivity contribution in [3.63, 3.8) is 0 Å². The van der Waals surface area contributed by atoms with E-state index < -0.39 is 0 Å². The highest BCUT2D eigenvalue weighted by molar-refractivity contribution is 7.71. The second-order valence-electron chi connectivity index (χ2n) is 3.53. The molecule has 2 N–H and O–H groups in total. The predicted octanol–water partition coefficient (Wildman–Crippen LogP) is 4.45. The van der Waals surface area contributed by atoms with Gasteiger partial charge in [-0.15, -0.1) is 0 Å². The van der Waals surface area contributed by atoms with Crippen LogP contribution in [0.15, 0.2) is 36.5 Å². The molecular weight excluding hydrogens is 240 g/mol. The molecule has 0 radical (unpaired) electrons. The van der Waals surface area contributed by atoms with Gasteiger partial charge in [0, 0.05) is 11.9 Å². The van der Waals surface area contributed by atoms with Crippen LogP contribution in [0.25, 0.3) is 0 Å². The Balaban J connectivity index is 2.34. The predicted molar refractivity (Wildman–Crippen MR) is 71.1 cm³/mol. The van der Waals surface area contributed by atoms with Crippen LogP contribution in [0, 0.1) is 11.6 Å². The maximum absolute atomic E-state index is 6.08. The van der Waals surface area contributed by atoms with Crippen molar-refractivity contribution < 1.29 is 0 Å². The van der Waals surface area contributed by atoms with Crippen LogP contribution in [-0.4, -0.2) is 4.98 Å². The summed E-state index contributed by atoms with van der Waals surface area (Å²) in [5.41, 5.74) is 3.01. The van der Waals surface area contributed by atoms with Crippen LogP contribution >= 0.6 is 23.8 Å². The molecule has 0 bridgehead atoms. The molecule has 0 aliphatic heterocycles. The molecular formula is C12H11ClN2S. The first-order chi connectivity index (χ1) is 7.66. The average Bonchev–Trinajstić information content (AvgIpc) is 2.25. The zero-order chi connectivity index (χ0) is 11.5. The Hall–Kier alpha value is -1.32. The van der Waals surface area contributed by atoms with Crippen molar-refractivity contribution in [3.05, 3.63) is 51.8 Å². The number of hydrogen-bond donors (Lipinski definition) is 2. The van der Waals surface area contributed by atoms with E-state index in [1.165, 1.54) is 5.56 Å². The maximum Gasteiger partial charge on any atom is 0.124 e. The number of aromatic nitrogens is 1. The van der Waals surface area contributed by atoms with Crippen molar-refractivity contribution in [2.45, 2.75) is 6.92 Å². The highest BCUT2D eigenvalue weighted by atomic mass is 35.5. The van der Waals surface area contributed by atoms with E-state index in [-0.39, 0.29) is 0 Å². The molecule has 0 atom stereocenters. The van der Waals surface area contributed by atoms with E-state index in [1.807, 2.05) is 31.2 Å². The fraction of sp³-hybridized carbons (Fsp3) is 0.0833. The molecule has 82 valence electrons. The van der Waals surface area contributed by atoms with E-state index in [1.54, 1.807) is 6.20 Å². The molecule has 2 aromatic rings. The number of benzene rings is 1. The Bertz CT molecular complexity index is 563. The summed E-state index contributed by atoms with van der Waals surface area (Å²) in [6.07, 6.45) is 1.77. The zero-order valence-corrected chi connectivity index (χ0v) is 10.3. The van der Waals surface area contributed by atoms with Crippen LogP contribution in [0.2, 0.25) is 5.02 Å². The first-order valence-electron chi connectivity index (χ1n) is 4.88. The Morgan fingerprint density at radius 3 is 2.88 bits per heavy atom. The van der Waals surface area contributed by atoms with Crippen molar-refractivity contribution in [2.75, 3.05) is 5.32 Å². The second kappa shape index (κ2) is 4.68. The summed E-state index contributed by atoms with van der Waals surface area (Å²) in [5.74, 6) is 0. The number of aromatic amines is 1. The monoisotopic (exact) mass is 250 g/mol. The quantitative estimate of drug-likeness (QED) is 0.771. The smallest absolute Gasteiger partial charge is 0.124 e. The van der Waals surface area contributed by atoms with Gasteiger partial charge in [-0.1, -0.05) is 36.0 Å². The lowest BCUT2D eigenvalue weighted by atomic mass is 10.2. The highest BCUT2D eigenvalue weighted by Crippen LogP contribution is 2.25. The van der Waals surface area contributed by atoms with Gasteiger partial charge in [0.25, 0.3) is 0 Å². The minimum absolute atomic E-state index is 0.541. The topological polar surface area (TPSA) is 27.8 Å². The second-order valence-corrected chi connectivity index (χ2v) is 4.32. The molecule has 1 heterocycles. The third-order valence-electron chi connectivity index (χ3n) is 2.20. The van der Waals surface area contributed by atoms with Gasteiger partial charge in [-0.2, -0.15) is 0 Å². The molecule has 2 nitrogen and oxygen atoms in total. The molecule has 0 aliphatic rings. The first kappa shape index (κ1) is 11.2. The van der Waals surface area contributed by atoms with Gasteiger partial charge in [0.05, 0.1) is 10.7 Å². The standard InChI is InChI=1S/C12H11ClN2S/c1-8-3-2-4-9(7-8)15-10-5-6-14-12(16)11(10)13/h2-7H,1H3,(H2,14,15,16). The summed E-state index contributed by atoms with van der Waals surface area (Å²) < 4.78 is 0.541. The summed E-state index contributed by atoms with van der Waals surface area (Å²) in [7, 11) is 0. The molecule has 0 fully saturated rings. The molecule has 0 spiro atoms. The summed E-state index contributed by atoms with van der Waals surface area (Å²) in [4.78, 5) is 2.88. The molecule has 4 heteroatoms. The van der Waals surface area contributed by atoms with Crippen molar-refractivity contribution in [1.82, 2.24) is 4.98 Å². The minimum Gasteiger partial charge on any atom is -0.354 e. The van der Waals surface area contributed by atoms with Crippen LogP contribution < -0.4 is 5.32 Å². The lowest BCUT2D eigenvalue weighted by molar-refractivity contribution is 1.29. The number of hydrogen-bond acceptors (Lipinski definition) is 2. The number of halogens is 1. The largest absolute Gasteiger partial charge is 0.354 e. The molecule has 16 heavy (non-hydrogen) atoms. The van der Waals surface area contributed by atoms with Gasteiger partial charge in [-0.05, 0) is 30.7 Å². The van der Waals surface area contributed by atoms with Gasteiger partial charge < -0.3 is 10.3 Å². The van der Waals surface area contributed by atoms with Crippen LogP contribution in [0.3, 0.4) is 0 Å². The minimum atomic E-state index is 0.541.